The van der Waals surface area contributed by atoms with Gasteiger partial charge in [0.1, 0.15) is 5.70 Å². The van der Waals surface area contributed by atoms with Crippen molar-refractivity contribution in [1.29, 1.82) is 0 Å². The summed E-state index contributed by atoms with van der Waals surface area (Å²) in [6.07, 6.45) is -3.89. The number of nitrogens with zero attached hydrogens (tertiary/aromatic N) is 1. The van der Waals surface area contributed by atoms with Crippen molar-refractivity contribution in [3.05, 3.63) is 87.9 Å². The largest absolute Gasteiger partial charge is 0.481 e. The lowest BCUT2D eigenvalue weighted by atomic mass is 10.0. The van der Waals surface area contributed by atoms with Gasteiger partial charge < -0.3 is 10.8 Å². The number of benzene rings is 2. The van der Waals surface area contributed by atoms with E-state index >= 15 is 0 Å². The molecule has 0 fully saturated rings. The molecule has 0 saturated heterocycles. The Morgan fingerprint density at radius 3 is 2.44 bits per heavy atom. The fourth-order valence-electron chi connectivity index (χ4n) is 3.11. The smallest absolute Gasteiger partial charge is 0.430 e. The maximum Gasteiger partial charge on any atom is 0.430 e. The van der Waals surface area contributed by atoms with Crippen LogP contribution in [0.1, 0.15) is 21.6 Å². The van der Waals surface area contributed by atoms with Crippen molar-refractivity contribution >= 4 is 28.7 Å². The van der Waals surface area contributed by atoms with E-state index in [1.165, 1.54) is 11.3 Å². The van der Waals surface area contributed by atoms with Gasteiger partial charge in [-0.2, -0.15) is 13.2 Å². The summed E-state index contributed by atoms with van der Waals surface area (Å²) in [5, 5.41) is 8.97. The Labute approximate surface area is 187 Å². The summed E-state index contributed by atoms with van der Waals surface area (Å²) >= 11 is 1.29. The number of carbonyl (C=O) groups is 1. The quantitative estimate of drug-likeness (QED) is 0.433. The van der Waals surface area contributed by atoms with Gasteiger partial charge in [0.05, 0.1) is 22.7 Å². The minimum Gasteiger partial charge on any atom is -0.481 e. The van der Waals surface area contributed by atoms with Crippen molar-refractivity contribution in [2.75, 3.05) is 0 Å². The SMILES string of the molecule is Cc1ccccc1N=C(C=C(N)C(F)(F)F)c1ccc(-c2ccc(CC(=O)O)cc2C)s1. The fourth-order valence-corrected chi connectivity index (χ4v) is 4.17. The summed E-state index contributed by atoms with van der Waals surface area (Å²) in [5.41, 5.74) is 7.99. The third-order valence-corrected chi connectivity index (χ3v) is 5.89. The number of para-hydroxylation sites is 1. The van der Waals surface area contributed by atoms with Gasteiger partial charge in [0.25, 0.3) is 0 Å². The zero-order chi connectivity index (χ0) is 23.5. The highest BCUT2D eigenvalue weighted by atomic mass is 32.1. The first kappa shape index (κ1) is 23.3. The Morgan fingerprint density at radius 2 is 1.81 bits per heavy atom. The van der Waals surface area contributed by atoms with E-state index in [1.807, 2.05) is 38.1 Å². The molecule has 0 radical (unpaired) electrons. The summed E-state index contributed by atoms with van der Waals surface area (Å²) in [6.45, 7) is 3.69. The van der Waals surface area contributed by atoms with Crippen LogP contribution in [0.25, 0.3) is 10.4 Å². The molecule has 0 aliphatic carbocycles. The summed E-state index contributed by atoms with van der Waals surface area (Å²) in [5.74, 6) is -0.915. The van der Waals surface area contributed by atoms with E-state index in [0.717, 1.165) is 27.6 Å². The van der Waals surface area contributed by atoms with Crippen molar-refractivity contribution in [3.8, 4) is 10.4 Å². The molecule has 0 bridgehead atoms. The number of aryl methyl sites for hydroxylation is 2. The Morgan fingerprint density at radius 1 is 1.09 bits per heavy atom. The van der Waals surface area contributed by atoms with E-state index in [2.05, 4.69) is 4.99 Å². The molecule has 32 heavy (non-hydrogen) atoms. The number of thiophene rings is 1. The van der Waals surface area contributed by atoms with E-state index in [0.29, 0.717) is 16.1 Å². The van der Waals surface area contributed by atoms with Crippen LogP contribution in [0.4, 0.5) is 18.9 Å². The average Bonchev–Trinajstić information content (AvgIpc) is 3.17. The topological polar surface area (TPSA) is 75.7 Å². The number of allylic oxidation sites excluding steroid dienone is 2. The second kappa shape index (κ2) is 9.40. The van der Waals surface area contributed by atoms with Gasteiger partial charge in [0, 0.05) is 4.88 Å². The standard InChI is InChI=1S/C24H21F3N2O2S/c1-14-5-3-4-6-18(14)29-19(13-22(28)24(25,26)27)21-10-9-20(32-21)17-8-7-16(11-15(17)2)12-23(30)31/h3-11,13H,12,28H2,1-2H3,(H,30,31). The molecular formula is C24H21F3N2O2S. The first-order chi connectivity index (χ1) is 15.0. The normalized spacial score (nSPS) is 12.8. The molecule has 0 amide bonds. The molecule has 3 N–H and O–H groups in total. The van der Waals surface area contributed by atoms with E-state index in [1.54, 1.807) is 30.3 Å². The molecule has 0 aliphatic heterocycles. The number of carboxylic acids is 1. The number of aliphatic carboxylic acids is 1. The number of halogens is 3. The second-order valence-corrected chi connectivity index (χ2v) is 8.35. The van der Waals surface area contributed by atoms with Crippen LogP contribution in [0.3, 0.4) is 0 Å². The first-order valence-electron chi connectivity index (χ1n) is 9.65. The van der Waals surface area contributed by atoms with Crippen LogP contribution >= 0.6 is 11.3 Å². The van der Waals surface area contributed by atoms with Crippen LogP contribution < -0.4 is 5.73 Å². The number of carboxylic acid groups (broad SMARTS) is 1. The Kier molecular flexibility index (Phi) is 6.84. The van der Waals surface area contributed by atoms with E-state index in [-0.39, 0.29) is 12.1 Å². The van der Waals surface area contributed by atoms with Gasteiger partial charge in [-0.1, -0.05) is 36.4 Å². The summed E-state index contributed by atoms with van der Waals surface area (Å²) in [4.78, 5) is 16.8. The monoisotopic (exact) mass is 458 g/mol. The van der Waals surface area contributed by atoms with Gasteiger partial charge in [-0.05, 0) is 60.4 Å². The predicted octanol–water partition coefficient (Wildman–Crippen LogP) is 6.18. The maximum atomic E-state index is 13.1. The number of aliphatic imine (C=N–C) groups is 1. The summed E-state index contributed by atoms with van der Waals surface area (Å²) in [7, 11) is 0. The Hall–Kier alpha value is -3.39. The molecule has 0 unspecified atom stereocenters. The Bertz CT molecular complexity index is 1210. The van der Waals surface area contributed by atoms with Crippen molar-refractivity contribution < 1.29 is 23.1 Å². The fraction of sp³-hybridized carbons (Fsp3) is 0.167. The van der Waals surface area contributed by atoms with Crippen molar-refractivity contribution in [2.45, 2.75) is 26.4 Å². The first-order valence-corrected chi connectivity index (χ1v) is 10.5. The highest BCUT2D eigenvalue weighted by Crippen LogP contribution is 2.33. The molecule has 8 heteroatoms. The lowest BCUT2D eigenvalue weighted by Gasteiger charge is -2.08. The van der Waals surface area contributed by atoms with Gasteiger partial charge in [-0.25, -0.2) is 4.99 Å². The third-order valence-electron chi connectivity index (χ3n) is 4.75. The van der Waals surface area contributed by atoms with E-state index < -0.39 is 17.8 Å². The van der Waals surface area contributed by atoms with Crippen molar-refractivity contribution in [2.24, 2.45) is 10.7 Å². The number of alkyl halides is 3. The van der Waals surface area contributed by atoms with Gasteiger partial charge in [0.15, 0.2) is 0 Å². The van der Waals surface area contributed by atoms with Crippen LogP contribution in [-0.4, -0.2) is 23.0 Å². The molecule has 166 valence electrons. The van der Waals surface area contributed by atoms with Gasteiger partial charge in [0.2, 0.25) is 0 Å². The molecule has 1 aromatic heterocycles. The van der Waals surface area contributed by atoms with Crippen LogP contribution in [0.5, 0.6) is 0 Å². The number of nitrogens with two attached hydrogens (primary N) is 1. The summed E-state index contributed by atoms with van der Waals surface area (Å²) in [6, 6.07) is 16.0. The average molecular weight is 459 g/mol. The second-order valence-electron chi connectivity index (χ2n) is 7.26. The lowest BCUT2D eigenvalue weighted by molar-refractivity contribution is -0.136. The number of rotatable bonds is 6. The van der Waals surface area contributed by atoms with Crippen LogP contribution in [0.15, 0.2) is 71.4 Å². The van der Waals surface area contributed by atoms with Crippen LogP contribution in [0.2, 0.25) is 0 Å². The summed E-state index contributed by atoms with van der Waals surface area (Å²) < 4.78 is 39.3. The molecule has 0 spiro atoms. The lowest BCUT2D eigenvalue weighted by Crippen LogP contribution is -2.20. The van der Waals surface area contributed by atoms with E-state index in [9.17, 15) is 18.0 Å². The van der Waals surface area contributed by atoms with E-state index in [4.69, 9.17) is 10.8 Å². The molecule has 3 rings (SSSR count). The molecule has 1 heterocycles. The third kappa shape index (κ3) is 5.64. The molecule has 0 saturated carbocycles. The molecule has 2 aromatic carbocycles. The molecule has 4 nitrogen and oxygen atoms in total. The number of hydrogen-bond donors (Lipinski definition) is 2. The zero-order valence-corrected chi connectivity index (χ0v) is 18.2. The molecule has 0 aliphatic rings. The van der Waals surface area contributed by atoms with Crippen molar-refractivity contribution in [1.82, 2.24) is 0 Å². The maximum absolute atomic E-state index is 13.1. The Balaban J connectivity index is 2.05. The number of hydrogen-bond acceptors (Lipinski definition) is 4. The molecule has 3 aromatic rings. The highest BCUT2D eigenvalue weighted by molar-refractivity contribution is 7.17. The van der Waals surface area contributed by atoms with Gasteiger partial charge >= 0.3 is 12.1 Å². The zero-order valence-electron chi connectivity index (χ0n) is 17.4. The minimum absolute atomic E-state index is 0.0778. The predicted molar refractivity (Wildman–Crippen MR) is 122 cm³/mol. The van der Waals surface area contributed by atoms with Crippen LogP contribution in [-0.2, 0) is 11.2 Å². The highest BCUT2D eigenvalue weighted by Gasteiger charge is 2.32. The minimum atomic E-state index is -4.66. The molecular weight excluding hydrogens is 437 g/mol. The van der Waals surface area contributed by atoms with Gasteiger partial charge in [-0.3, -0.25) is 4.79 Å². The van der Waals surface area contributed by atoms with Crippen molar-refractivity contribution in [3.63, 3.8) is 0 Å². The molecule has 0 atom stereocenters. The van der Waals surface area contributed by atoms with Crippen LogP contribution in [0, 0.1) is 13.8 Å². The van der Waals surface area contributed by atoms with Gasteiger partial charge in [-0.15, -0.1) is 11.3 Å².